The summed E-state index contributed by atoms with van der Waals surface area (Å²) in [5.74, 6) is -0.459. The highest BCUT2D eigenvalue weighted by molar-refractivity contribution is 6.38. The van der Waals surface area contributed by atoms with Crippen molar-refractivity contribution in [3.8, 4) is 11.3 Å². The number of ether oxygens (including phenoxy) is 2. The number of carboxylic acids is 1. The molecule has 2 aliphatic heterocycles. The number of carboxylic acid groups (broad SMARTS) is 1. The van der Waals surface area contributed by atoms with Gasteiger partial charge in [0.25, 0.3) is 0 Å². The van der Waals surface area contributed by atoms with E-state index in [1.165, 1.54) is 0 Å². The average molecular weight is 637 g/mol. The van der Waals surface area contributed by atoms with Gasteiger partial charge in [0.15, 0.2) is 11.9 Å². The number of halogens is 1. The van der Waals surface area contributed by atoms with Crippen LogP contribution in [0, 0.1) is 17.3 Å². The predicted octanol–water partition coefficient (Wildman–Crippen LogP) is 4.78. The number of fused-ring (bicyclic) bond motifs is 3. The smallest absolute Gasteiger partial charge is 0.407 e. The molecule has 45 heavy (non-hydrogen) atoms. The maximum Gasteiger partial charge on any atom is 0.407 e. The summed E-state index contributed by atoms with van der Waals surface area (Å²) in [6, 6.07) is 3.84. The Kier molecular flexibility index (Phi) is 7.16. The number of carbonyl (C=O) groups is 2. The predicted molar refractivity (Wildman–Crippen MR) is 167 cm³/mol. The molecule has 2 saturated heterocycles. The summed E-state index contributed by atoms with van der Waals surface area (Å²) < 4.78 is 15.0. The first-order valence-electron chi connectivity index (χ1n) is 15.4. The minimum atomic E-state index is -1.05. The first-order chi connectivity index (χ1) is 21.5. The molecule has 4 aromatic rings. The highest BCUT2D eigenvalue weighted by Gasteiger charge is 2.70. The van der Waals surface area contributed by atoms with Crippen LogP contribution < -0.4 is 10.2 Å². The molecule has 238 valence electrons. The highest BCUT2D eigenvalue weighted by atomic mass is 35.5. The molecule has 14 heteroatoms. The first kappa shape index (κ1) is 29.7. The molecule has 0 bridgehead atoms. The number of benzene rings is 1. The van der Waals surface area contributed by atoms with Crippen LogP contribution >= 0.6 is 11.6 Å². The van der Waals surface area contributed by atoms with Gasteiger partial charge in [0.2, 0.25) is 0 Å². The third kappa shape index (κ3) is 5.15. The van der Waals surface area contributed by atoms with Gasteiger partial charge in [0, 0.05) is 50.4 Å². The molecule has 3 aliphatic rings. The van der Waals surface area contributed by atoms with Crippen LogP contribution in [-0.4, -0.2) is 78.5 Å². The topological polar surface area (TPSA) is 150 Å². The molecule has 0 spiro atoms. The van der Waals surface area contributed by atoms with Crippen molar-refractivity contribution in [3.05, 3.63) is 29.5 Å². The number of anilines is 1. The number of nitrogens with zero attached hydrogens (tertiary/aromatic N) is 7. The lowest BCUT2D eigenvalue weighted by molar-refractivity contribution is -0.144. The Morgan fingerprint density at radius 3 is 2.76 bits per heavy atom. The zero-order valence-corrected chi connectivity index (χ0v) is 26.5. The van der Waals surface area contributed by atoms with Crippen LogP contribution in [0.4, 0.5) is 10.6 Å². The third-order valence-electron chi connectivity index (χ3n) is 9.29. The fourth-order valence-electron chi connectivity index (χ4n) is 7.08. The Morgan fingerprint density at radius 2 is 2.02 bits per heavy atom. The zero-order valence-electron chi connectivity index (χ0n) is 25.8. The molecule has 1 aliphatic carbocycles. The Hall–Kier alpha value is -3.97. The van der Waals surface area contributed by atoms with Crippen LogP contribution in [0.3, 0.4) is 0 Å². The van der Waals surface area contributed by atoms with E-state index in [-0.39, 0.29) is 24.6 Å². The Morgan fingerprint density at radius 1 is 1.20 bits per heavy atom. The second-order valence-electron chi connectivity index (χ2n) is 13.3. The van der Waals surface area contributed by atoms with Crippen LogP contribution in [0.15, 0.2) is 24.5 Å². The van der Waals surface area contributed by atoms with Crippen molar-refractivity contribution in [3.63, 3.8) is 0 Å². The monoisotopic (exact) mass is 636 g/mol. The molecule has 3 fully saturated rings. The number of hydrogen-bond donors (Lipinski definition) is 2. The maximum atomic E-state index is 12.6. The Balaban J connectivity index is 1.20. The number of aryl methyl sites for hydroxylation is 1. The number of aromatic nitrogens is 6. The lowest BCUT2D eigenvalue weighted by atomic mass is 10.0. The van der Waals surface area contributed by atoms with Gasteiger partial charge in [-0.15, -0.1) is 0 Å². The molecule has 7 rings (SSSR count). The van der Waals surface area contributed by atoms with Crippen molar-refractivity contribution in [2.24, 2.45) is 24.3 Å². The van der Waals surface area contributed by atoms with Gasteiger partial charge in [-0.3, -0.25) is 9.48 Å². The SMILES string of the molecule is Cn1cc2c(Cl)c(-c3nn(C4CCCCO4)c4nc(N5CCC6C(C5)C6(CNC(=O)OC(C)(C)C)C(=O)O)cnc34)ccc2n1. The molecule has 3 aromatic heterocycles. The lowest BCUT2D eigenvalue weighted by Gasteiger charge is -2.27. The van der Waals surface area contributed by atoms with Crippen molar-refractivity contribution in [2.45, 2.75) is 58.3 Å². The van der Waals surface area contributed by atoms with Gasteiger partial charge >= 0.3 is 12.1 Å². The summed E-state index contributed by atoms with van der Waals surface area (Å²) in [6.07, 6.45) is 6.18. The largest absolute Gasteiger partial charge is 0.481 e. The van der Waals surface area contributed by atoms with E-state index in [1.54, 1.807) is 31.6 Å². The molecule has 4 atom stereocenters. The molecule has 1 amide bonds. The van der Waals surface area contributed by atoms with E-state index >= 15 is 0 Å². The fraction of sp³-hybridized carbons (Fsp3) is 0.548. The van der Waals surface area contributed by atoms with E-state index in [2.05, 4.69) is 15.3 Å². The Bertz CT molecular complexity index is 1810. The van der Waals surface area contributed by atoms with Crippen molar-refractivity contribution in [1.29, 1.82) is 0 Å². The highest BCUT2D eigenvalue weighted by Crippen LogP contribution is 2.62. The van der Waals surface area contributed by atoms with Crippen molar-refractivity contribution >= 4 is 51.5 Å². The number of amides is 1. The molecule has 2 N–H and O–H groups in total. The number of aliphatic carboxylic acids is 1. The number of alkyl carbamates (subject to hydrolysis) is 1. The van der Waals surface area contributed by atoms with Gasteiger partial charge in [-0.25, -0.2) is 19.4 Å². The Labute approximate surface area is 264 Å². The first-order valence-corrected chi connectivity index (χ1v) is 15.8. The number of carbonyl (C=O) groups excluding carboxylic acids is 1. The van der Waals surface area contributed by atoms with Gasteiger partial charge in [0.05, 0.1) is 22.2 Å². The molecule has 4 unspecified atom stereocenters. The maximum absolute atomic E-state index is 12.6. The third-order valence-corrected chi connectivity index (χ3v) is 9.69. The molecule has 0 radical (unpaired) electrons. The van der Waals surface area contributed by atoms with Crippen LogP contribution in [0.2, 0.25) is 5.02 Å². The molecular formula is C31H37ClN8O5. The van der Waals surface area contributed by atoms with Gasteiger partial charge in [-0.2, -0.15) is 10.2 Å². The van der Waals surface area contributed by atoms with Gasteiger partial charge in [-0.05, 0) is 70.4 Å². The van der Waals surface area contributed by atoms with E-state index in [4.69, 9.17) is 36.1 Å². The second kappa shape index (κ2) is 10.8. The van der Waals surface area contributed by atoms with Gasteiger partial charge < -0.3 is 24.8 Å². The molecule has 1 saturated carbocycles. The summed E-state index contributed by atoms with van der Waals surface area (Å²) >= 11 is 6.92. The van der Waals surface area contributed by atoms with Crippen molar-refractivity contribution in [2.75, 3.05) is 31.1 Å². The molecule has 13 nitrogen and oxygen atoms in total. The van der Waals surface area contributed by atoms with Crippen molar-refractivity contribution in [1.82, 2.24) is 34.8 Å². The van der Waals surface area contributed by atoms with Crippen LogP contribution in [0.5, 0.6) is 0 Å². The zero-order chi connectivity index (χ0) is 31.7. The summed E-state index contributed by atoms with van der Waals surface area (Å²) in [7, 11) is 1.86. The fourth-order valence-corrected chi connectivity index (χ4v) is 7.38. The number of hydrogen-bond acceptors (Lipinski definition) is 9. The lowest BCUT2D eigenvalue weighted by Crippen LogP contribution is -2.40. The van der Waals surface area contributed by atoms with Crippen LogP contribution in [0.1, 0.15) is 52.7 Å². The van der Waals surface area contributed by atoms with Crippen molar-refractivity contribution < 1.29 is 24.2 Å². The van der Waals surface area contributed by atoms with E-state index in [0.717, 1.165) is 35.7 Å². The number of piperidine rings is 1. The molecular weight excluding hydrogens is 600 g/mol. The second-order valence-corrected chi connectivity index (χ2v) is 13.7. The minimum absolute atomic E-state index is 0.0162. The van der Waals surface area contributed by atoms with Gasteiger partial charge in [0.1, 0.15) is 22.6 Å². The summed E-state index contributed by atoms with van der Waals surface area (Å²) in [5, 5.41) is 23.8. The number of nitrogens with one attached hydrogen (secondary N) is 1. The number of rotatable bonds is 6. The van der Waals surface area contributed by atoms with E-state index in [1.807, 2.05) is 30.1 Å². The summed E-state index contributed by atoms with van der Waals surface area (Å²) in [4.78, 5) is 36.9. The van der Waals surface area contributed by atoms with E-state index in [0.29, 0.717) is 53.8 Å². The van der Waals surface area contributed by atoms with Crippen LogP contribution in [0.25, 0.3) is 33.3 Å². The summed E-state index contributed by atoms with van der Waals surface area (Å²) in [5.41, 5.74) is 1.63. The normalized spacial score (nSPS) is 24.9. The van der Waals surface area contributed by atoms with Gasteiger partial charge in [-0.1, -0.05) is 11.6 Å². The quantitative estimate of drug-likeness (QED) is 0.303. The molecule has 5 heterocycles. The standard InChI is InChI=1S/C31H37ClN8O5/c1-30(2,3)45-29(43)34-16-31(28(41)42)19-10-11-39(15-20(19)31)22-13-33-26-25(17-8-9-21-18(24(17)32)14-38(4)36-21)37-40(27(26)35-22)23-7-5-6-12-44-23/h8-9,13-14,19-20,23H,5-7,10-12,15-16H2,1-4H3,(H,34,43)(H,41,42). The average Bonchev–Trinajstić information content (AvgIpc) is 3.25. The summed E-state index contributed by atoms with van der Waals surface area (Å²) in [6.45, 7) is 7.08. The van der Waals surface area contributed by atoms with E-state index in [9.17, 15) is 14.7 Å². The van der Waals surface area contributed by atoms with Crippen LogP contribution in [-0.2, 0) is 21.3 Å². The van der Waals surface area contributed by atoms with E-state index < -0.39 is 23.1 Å². The molecule has 1 aromatic carbocycles. The minimum Gasteiger partial charge on any atom is -0.481 e.